The molecule has 1 aromatic carbocycles. The number of nitrogens with zero attached hydrogens (tertiary/aromatic N) is 1. The molecule has 0 bridgehead atoms. The third-order valence-electron chi connectivity index (χ3n) is 2.74. The summed E-state index contributed by atoms with van der Waals surface area (Å²) >= 11 is 5.14. The fourth-order valence-electron chi connectivity index (χ4n) is 1.73. The lowest BCUT2D eigenvalue weighted by molar-refractivity contribution is 0.560. The molecule has 0 fully saturated rings. The van der Waals surface area contributed by atoms with Crippen molar-refractivity contribution >= 4 is 27.7 Å². The van der Waals surface area contributed by atoms with Crippen LogP contribution in [0.4, 0.5) is 4.39 Å². The lowest BCUT2D eigenvalue weighted by atomic mass is 10.1. The minimum Gasteiger partial charge on any atom is -0.312 e. The molecule has 0 saturated carbocycles. The normalized spacial score (nSPS) is 12.4. The van der Waals surface area contributed by atoms with Crippen molar-refractivity contribution in [2.75, 3.05) is 12.8 Å². The molecule has 1 unspecified atom stereocenters. The Kier molecular flexibility index (Phi) is 5.36. The van der Waals surface area contributed by atoms with E-state index in [1.165, 1.54) is 6.20 Å². The van der Waals surface area contributed by atoms with E-state index in [0.717, 1.165) is 15.1 Å². The maximum atomic E-state index is 13.7. The average molecular weight is 341 g/mol. The van der Waals surface area contributed by atoms with E-state index < -0.39 is 0 Å². The highest BCUT2D eigenvalue weighted by Crippen LogP contribution is 2.27. The number of halogens is 2. The average Bonchev–Trinajstić information content (AvgIpc) is 2.41. The second-order valence-corrected chi connectivity index (χ2v) is 6.02. The summed E-state index contributed by atoms with van der Waals surface area (Å²) in [4.78, 5) is 4.93. The number of benzene rings is 1. The molecule has 2 aromatic rings. The predicted molar refractivity (Wildman–Crippen MR) is 80.9 cm³/mol. The molecule has 1 atom stereocenters. The third kappa shape index (κ3) is 4.03. The lowest BCUT2D eigenvalue weighted by Gasteiger charge is -2.16. The molecule has 0 amide bonds. The first-order valence-electron chi connectivity index (χ1n) is 5.85. The fourth-order valence-corrected chi connectivity index (χ4v) is 3.37. The van der Waals surface area contributed by atoms with E-state index in [1.807, 2.05) is 25.2 Å². The zero-order valence-electron chi connectivity index (χ0n) is 10.4. The first-order chi connectivity index (χ1) is 9.20. The highest BCUT2D eigenvalue weighted by Gasteiger charge is 2.14. The van der Waals surface area contributed by atoms with Gasteiger partial charge < -0.3 is 5.32 Å². The van der Waals surface area contributed by atoms with Crippen LogP contribution >= 0.6 is 27.7 Å². The molecule has 0 radical (unpaired) electrons. The van der Waals surface area contributed by atoms with Gasteiger partial charge in [-0.15, -0.1) is 11.8 Å². The summed E-state index contributed by atoms with van der Waals surface area (Å²) < 4.78 is 14.7. The maximum absolute atomic E-state index is 13.7. The van der Waals surface area contributed by atoms with Crippen LogP contribution in [-0.4, -0.2) is 17.8 Å². The van der Waals surface area contributed by atoms with Crippen molar-refractivity contribution < 1.29 is 4.39 Å². The zero-order chi connectivity index (χ0) is 13.7. The van der Waals surface area contributed by atoms with Crippen LogP contribution in [0.2, 0.25) is 0 Å². The summed E-state index contributed by atoms with van der Waals surface area (Å²) in [5, 5.41) is 3.14. The van der Waals surface area contributed by atoms with Gasteiger partial charge in [0.25, 0.3) is 0 Å². The Balaban J connectivity index is 2.06. The van der Waals surface area contributed by atoms with Gasteiger partial charge >= 0.3 is 0 Å². The Labute approximate surface area is 125 Å². The van der Waals surface area contributed by atoms with Crippen LogP contribution in [0, 0.1) is 5.82 Å². The van der Waals surface area contributed by atoms with E-state index in [2.05, 4.69) is 32.3 Å². The highest BCUT2D eigenvalue weighted by molar-refractivity contribution is 9.10. The Hall–Kier alpha value is -0.910. The highest BCUT2D eigenvalue weighted by atomic mass is 79.9. The first-order valence-corrected chi connectivity index (χ1v) is 7.63. The fraction of sp³-hybridized carbons (Fsp3) is 0.214. The maximum Gasteiger partial charge on any atom is 0.146 e. The number of aromatic nitrogens is 1. The number of hydrogen-bond acceptors (Lipinski definition) is 3. The van der Waals surface area contributed by atoms with Crippen molar-refractivity contribution in [1.29, 1.82) is 0 Å². The number of hydrogen-bond donors (Lipinski definition) is 1. The molecule has 0 aliphatic heterocycles. The third-order valence-corrected chi connectivity index (χ3v) is 4.32. The van der Waals surface area contributed by atoms with E-state index in [-0.39, 0.29) is 11.9 Å². The van der Waals surface area contributed by atoms with Gasteiger partial charge in [-0.3, -0.25) is 4.98 Å². The van der Waals surface area contributed by atoms with Crippen LogP contribution in [0.3, 0.4) is 0 Å². The molecule has 0 saturated heterocycles. The second kappa shape index (κ2) is 7.03. The Bertz CT molecular complexity index is 550. The van der Waals surface area contributed by atoms with Gasteiger partial charge in [-0.25, -0.2) is 4.39 Å². The van der Waals surface area contributed by atoms with E-state index in [0.29, 0.717) is 5.56 Å². The summed E-state index contributed by atoms with van der Waals surface area (Å²) in [5.41, 5.74) is 0.653. The summed E-state index contributed by atoms with van der Waals surface area (Å²) in [6.45, 7) is 0. The summed E-state index contributed by atoms with van der Waals surface area (Å²) in [5.74, 6) is 0.491. The van der Waals surface area contributed by atoms with E-state index in [4.69, 9.17) is 0 Å². The van der Waals surface area contributed by atoms with Gasteiger partial charge in [0, 0.05) is 32.9 Å². The quantitative estimate of drug-likeness (QED) is 0.831. The summed E-state index contributed by atoms with van der Waals surface area (Å²) in [6.07, 6.45) is 2.87. The standard InChI is InChI=1S/C14H14BrFN2S/c1-17-14(12-5-6-18-8-13(12)16)9-19-11-4-2-3-10(15)7-11/h2-8,14,17H,9H2,1H3. The van der Waals surface area contributed by atoms with Crippen LogP contribution in [0.1, 0.15) is 11.6 Å². The van der Waals surface area contributed by atoms with Crippen LogP contribution in [0.25, 0.3) is 0 Å². The minimum absolute atomic E-state index is 0.0352. The minimum atomic E-state index is -0.267. The van der Waals surface area contributed by atoms with Crippen molar-refractivity contribution in [3.05, 3.63) is 58.6 Å². The van der Waals surface area contributed by atoms with Crippen molar-refractivity contribution in [3.63, 3.8) is 0 Å². The molecule has 19 heavy (non-hydrogen) atoms. The number of nitrogens with one attached hydrogen (secondary N) is 1. The van der Waals surface area contributed by atoms with Crippen molar-refractivity contribution in [2.24, 2.45) is 0 Å². The van der Waals surface area contributed by atoms with Gasteiger partial charge in [0.05, 0.1) is 6.20 Å². The molecule has 1 aromatic heterocycles. The van der Waals surface area contributed by atoms with Crippen LogP contribution in [0.15, 0.2) is 52.1 Å². The molecular weight excluding hydrogens is 327 g/mol. The zero-order valence-corrected chi connectivity index (χ0v) is 12.8. The Morgan fingerprint density at radius 2 is 2.26 bits per heavy atom. The topological polar surface area (TPSA) is 24.9 Å². The molecule has 2 nitrogen and oxygen atoms in total. The molecule has 0 spiro atoms. The van der Waals surface area contributed by atoms with Gasteiger partial charge in [0.15, 0.2) is 0 Å². The first kappa shape index (κ1) is 14.5. The number of pyridine rings is 1. The number of rotatable bonds is 5. The Morgan fingerprint density at radius 3 is 2.95 bits per heavy atom. The van der Waals surface area contributed by atoms with E-state index in [9.17, 15) is 4.39 Å². The largest absolute Gasteiger partial charge is 0.312 e. The van der Waals surface area contributed by atoms with Crippen molar-refractivity contribution in [1.82, 2.24) is 10.3 Å². The molecule has 1 N–H and O–H groups in total. The van der Waals surface area contributed by atoms with Crippen LogP contribution < -0.4 is 5.32 Å². The van der Waals surface area contributed by atoms with Crippen molar-refractivity contribution in [2.45, 2.75) is 10.9 Å². The predicted octanol–water partition coefficient (Wildman–Crippen LogP) is 4.04. The van der Waals surface area contributed by atoms with Crippen LogP contribution in [-0.2, 0) is 0 Å². The van der Waals surface area contributed by atoms with E-state index >= 15 is 0 Å². The molecular formula is C14H14BrFN2S. The number of thioether (sulfide) groups is 1. The molecule has 1 heterocycles. The second-order valence-electron chi connectivity index (χ2n) is 4.01. The van der Waals surface area contributed by atoms with Gasteiger partial charge in [0.1, 0.15) is 5.82 Å². The van der Waals surface area contributed by atoms with E-state index in [1.54, 1.807) is 24.0 Å². The molecule has 2 rings (SSSR count). The SMILES string of the molecule is CNC(CSc1cccc(Br)c1)c1ccncc1F. The Morgan fingerprint density at radius 1 is 1.42 bits per heavy atom. The molecule has 100 valence electrons. The lowest BCUT2D eigenvalue weighted by Crippen LogP contribution is -2.20. The molecule has 0 aliphatic rings. The monoisotopic (exact) mass is 340 g/mol. The van der Waals surface area contributed by atoms with Gasteiger partial charge in [-0.05, 0) is 31.3 Å². The van der Waals surface area contributed by atoms with Gasteiger partial charge in [0.2, 0.25) is 0 Å². The molecule has 5 heteroatoms. The van der Waals surface area contributed by atoms with Crippen LogP contribution in [0.5, 0.6) is 0 Å². The smallest absolute Gasteiger partial charge is 0.146 e. The molecule has 0 aliphatic carbocycles. The summed E-state index contributed by atoms with van der Waals surface area (Å²) in [7, 11) is 1.84. The van der Waals surface area contributed by atoms with Crippen molar-refractivity contribution in [3.8, 4) is 0 Å². The summed E-state index contributed by atoms with van der Waals surface area (Å²) in [6, 6.07) is 9.77. The van der Waals surface area contributed by atoms with Gasteiger partial charge in [-0.2, -0.15) is 0 Å². The van der Waals surface area contributed by atoms with Gasteiger partial charge in [-0.1, -0.05) is 22.0 Å².